The first kappa shape index (κ1) is 13.3. The van der Waals surface area contributed by atoms with Crippen LogP contribution in [0.25, 0.3) is 0 Å². The summed E-state index contributed by atoms with van der Waals surface area (Å²) in [4.78, 5) is 14.0. The van der Waals surface area contributed by atoms with Crippen molar-refractivity contribution >= 4 is 5.78 Å². The van der Waals surface area contributed by atoms with Crippen molar-refractivity contribution < 1.29 is 9.53 Å². The van der Waals surface area contributed by atoms with Gasteiger partial charge in [-0.05, 0) is 19.5 Å². The molecule has 2 heterocycles. The van der Waals surface area contributed by atoms with Gasteiger partial charge in [0.05, 0.1) is 12.7 Å². The fourth-order valence-electron chi connectivity index (χ4n) is 2.30. The van der Waals surface area contributed by atoms with Crippen LogP contribution < -0.4 is 0 Å². The minimum atomic E-state index is 0.227. The van der Waals surface area contributed by atoms with Crippen LogP contribution in [0.3, 0.4) is 0 Å². The van der Waals surface area contributed by atoms with Gasteiger partial charge in [-0.1, -0.05) is 6.92 Å². The van der Waals surface area contributed by atoms with Gasteiger partial charge in [0.2, 0.25) is 0 Å². The van der Waals surface area contributed by atoms with Crippen molar-refractivity contribution in [2.24, 2.45) is 0 Å². The topological polar surface area (TPSA) is 34.5 Å². The number of Topliss-reactive ketones (excluding diaryl/α,β-unsaturated/α-hetero) is 1. The van der Waals surface area contributed by atoms with Crippen LogP contribution in [0.1, 0.15) is 30.1 Å². The number of ketones is 1. The number of carbonyl (C=O) groups excluding carboxylic acids is 1. The Morgan fingerprint density at radius 1 is 1.56 bits per heavy atom. The highest BCUT2D eigenvalue weighted by Gasteiger charge is 2.18. The number of rotatable bonds is 5. The summed E-state index contributed by atoms with van der Waals surface area (Å²) in [6.45, 7) is 5.60. The van der Waals surface area contributed by atoms with E-state index in [0.717, 1.165) is 38.2 Å². The number of likely N-dealkylation sites (N-methyl/N-ethyl adjacent to an activating group) is 1. The molecular weight excluding hydrogens is 228 g/mol. The number of ether oxygens (including phenoxy) is 1. The van der Waals surface area contributed by atoms with Crippen LogP contribution in [0, 0.1) is 0 Å². The molecule has 18 heavy (non-hydrogen) atoms. The van der Waals surface area contributed by atoms with Crippen LogP contribution in [-0.4, -0.2) is 48.1 Å². The van der Waals surface area contributed by atoms with E-state index < -0.39 is 0 Å². The molecule has 0 radical (unpaired) electrons. The first-order valence-corrected chi connectivity index (χ1v) is 6.68. The molecule has 0 aromatic carbocycles. The molecule has 0 spiro atoms. The van der Waals surface area contributed by atoms with Gasteiger partial charge < -0.3 is 14.2 Å². The number of hydrogen-bond acceptors (Lipinski definition) is 3. The number of carbonyl (C=O) groups is 1. The highest BCUT2D eigenvalue weighted by atomic mass is 16.5. The van der Waals surface area contributed by atoms with Crippen molar-refractivity contribution in [3.63, 3.8) is 0 Å². The van der Waals surface area contributed by atoms with Crippen LogP contribution in [0.4, 0.5) is 0 Å². The number of aromatic nitrogens is 1. The number of nitrogens with zero attached hydrogens (tertiary/aromatic N) is 2. The Morgan fingerprint density at radius 3 is 3.11 bits per heavy atom. The Labute approximate surface area is 109 Å². The third-order valence-electron chi connectivity index (χ3n) is 3.31. The summed E-state index contributed by atoms with van der Waals surface area (Å²) in [5.41, 5.74) is 0.820. The molecular formula is C14H22N2O2. The Bertz CT molecular complexity index is 400. The molecule has 100 valence electrons. The fourth-order valence-corrected chi connectivity index (χ4v) is 2.30. The predicted octanol–water partition coefficient (Wildman–Crippen LogP) is 1.80. The molecule has 1 aliphatic rings. The van der Waals surface area contributed by atoms with Crippen LogP contribution in [-0.2, 0) is 11.3 Å². The van der Waals surface area contributed by atoms with Gasteiger partial charge in [-0.2, -0.15) is 0 Å². The quantitative estimate of drug-likeness (QED) is 0.747. The molecule has 0 amide bonds. The molecule has 0 N–H and O–H groups in total. The Morgan fingerprint density at radius 2 is 2.39 bits per heavy atom. The van der Waals surface area contributed by atoms with Gasteiger partial charge in [0.25, 0.3) is 0 Å². The van der Waals surface area contributed by atoms with Gasteiger partial charge in [-0.15, -0.1) is 0 Å². The lowest BCUT2D eigenvalue weighted by atomic mass is 10.1. The Hall–Kier alpha value is -1.13. The van der Waals surface area contributed by atoms with Crippen LogP contribution in [0.5, 0.6) is 0 Å². The molecule has 1 unspecified atom stereocenters. The molecule has 4 heteroatoms. The van der Waals surface area contributed by atoms with E-state index in [1.54, 1.807) is 0 Å². The van der Waals surface area contributed by atoms with E-state index in [-0.39, 0.29) is 11.9 Å². The van der Waals surface area contributed by atoms with Gasteiger partial charge in [0, 0.05) is 44.0 Å². The highest BCUT2D eigenvalue weighted by Crippen LogP contribution is 2.10. The lowest BCUT2D eigenvalue weighted by Gasteiger charge is -2.30. The average Bonchev–Trinajstić information content (AvgIpc) is 2.78. The maximum Gasteiger partial charge on any atom is 0.164 e. The molecule has 1 aliphatic heterocycles. The molecule has 0 bridgehead atoms. The number of morpholine rings is 1. The van der Waals surface area contributed by atoms with Crippen LogP contribution >= 0.6 is 0 Å². The summed E-state index contributed by atoms with van der Waals surface area (Å²) in [6.07, 6.45) is 5.68. The van der Waals surface area contributed by atoms with E-state index in [1.165, 1.54) is 0 Å². The molecule has 1 saturated heterocycles. The van der Waals surface area contributed by atoms with Gasteiger partial charge in [-0.25, -0.2) is 0 Å². The zero-order valence-electron chi connectivity index (χ0n) is 11.3. The standard InChI is InChI=1S/C14H22N2O2/c1-3-4-14(17)12-5-6-16(9-12)11-13-10-15(2)7-8-18-13/h5-6,9,13H,3-4,7-8,10-11H2,1-2H3. The van der Waals surface area contributed by atoms with Crippen molar-refractivity contribution in [2.75, 3.05) is 26.7 Å². The van der Waals surface area contributed by atoms with Gasteiger partial charge in [0.15, 0.2) is 5.78 Å². The fraction of sp³-hybridized carbons (Fsp3) is 0.643. The summed E-state index contributed by atoms with van der Waals surface area (Å²) in [5.74, 6) is 0.234. The molecule has 0 aliphatic carbocycles. The second-order valence-electron chi connectivity index (χ2n) is 5.03. The average molecular weight is 250 g/mol. The van der Waals surface area contributed by atoms with E-state index in [0.29, 0.717) is 6.42 Å². The molecule has 2 rings (SSSR count). The third-order valence-corrected chi connectivity index (χ3v) is 3.31. The van der Waals surface area contributed by atoms with Crippen molar-refractivity contribution in [3.05, 3.63) is 24.0 Å². The molecule has 1 fully saturated rings. The second kappa shape index (κ2) is 6.16. The van der Waals surface area contributed by atoms with Crippen molar-refractivity contribution in [1.82, 2.24) is 9.47 Å². The van der Waals surface area contributed by atoms with E-state index >= 15 is 0 Å². The SMILES string of the molecule is CCCC(=O)c1ccn(CC2CN(C)CCO2)c1. The zero-order valence-corrected chi connectivity index (χ0v) is 11.3. The summed E-state index contributed by atoms with van der Waals surface area (Å²) in [7, 11) is 2.11. The second-order valence-corrected chi connectivity index (χ2v) is 5.03. The number of hydrogen-bond donors (Lipinski definition) is 0. The summed E-state index contributed by atoms with van der Waals surface area (Å²) in [6, 6.07) is 1.91. The molecule has 1 aromatic heterocycles. The van der Waals surface area contributed by atoms with Crippen LogP contribution in [0.2, 0.25) is 0 Å². The third kappa shape index (κ3) is 3.43. The van der Waals surface area contributed by atoms with Crippen LogP contribution in [0.15, 0.2) is 18.5 Å². The van der Waals surface area contributed by atoms with Gasteiger partial charge >= 0.3 is 0 Å². The minimum absolute atomic E-state index is 0.227. The Balaban J connectivity index is 1.91. The monoisotopic (exact) mass is 250 g/mol. The van der Waals surface area contributed by atoms with Crippen molar-refractivity contribution in [2.45, 2.75) is 32.4 Å². The van der Waals surface area contributed by atoms with E-state index in [4.69, 9.17) is 4.74 Å². The molecule has 0 saturated carbocycles. The molecule has 1 aromatic rings. The van der Waals surface area contributed by atoms with E-state index in [2.05, 4.69) is 16.5 Å². The highest BCUT2D eigenvalue weighted by molar-refractivity contribution is 5.95. The lowest BCUT2D eigenvalue weighted by molar-refractivity contribution is -0.0274. The maximum atomic E-state index is 11.7. The smallest absolute Gasteiger partial charge is 0.164 e. The van der Waals surface area contributed by atoms with Gasteiger partial charge in [-0.3, -0.25) is 4.79 Å². The van der Waals surface area contributed by atoms with Crippen molar-refractivity contribution in [3.8, 4) is 0 Å². The normalized spacial score (nSPS) is 21.1. The summed E-state index contributed by atoms with van der Waals surface area (Å²) >= 11 is 0. The largest absolute Gasteiger partial charge is 0.374 e. The lowest BCUT2D eigenvalue weighted by Crippen LogP contribution is -2.41. The van der Waals surface area contributed by atoms with E-state index in [9.17, 15) is 4.79 Å². The molecule has 4 nitrogen and oxygen atoms in total. The van der Waals surface area contributed by atoms with E-state index in [1.807, 2.05) is 25.4 Å². The first-order valence-electron chi connectivity index (χ1n) is 6.68. The maximum absolute atomic E-state index is 11.7. The predicted molar refractivity (Wildman–Crippen MR) is 70.9 cm³/mol. The van der Waals surface area contributed by atoms with Gasteiger partial charge in [0.1, 0.15) is 0 Å². The minimum Gasteiger partial charge on any atom is -0.374 e. The molecule has 1 atom stereocenters. The zero-order chi connectivity index (χ0) is 13.0. The summed E-state index contributed by atoms with van der Waals surface area (Å²) in [5, 5.41) is 0. The summed E-state index contributed by atoms with van der Waals surface area (Å²) < 4.78 is 7.78. The first-order chi connectivity index (χ1) is 8.69. The van der Waals surface area contributed by atoms with Crippen molar-refractivity contribution in [1.29, 1.82) is 0 Å². The Kier molecular flexibility index (Phi) is 4.55.